The Kier molecular flexibility index (Phi) is 3.41. The summed E-state index contributed by atoms with van der Waals surface area (Å²) in [6.07, 6.45) is 6.90. The van der Waals surface area contributed by atoms with Crippen molar-refractivity contribution < 1.29 is 0 Å². The van der Waals surface area contributed by atoms with Crippen LogP contribution >= 0.6 is 0 Å². The van der Waals surface area contributed by atoms with Gasteiger partial charge in [0.1, 0.15) is 0 Å². The molecule has 84 valence electrons. The highest BCUT2D eigenvalue weighted by Gasteiger charge is 2.25. The van der Waals surface area contributed by atoms with Crippen LogP contribution in [0.3, 0.4) is 0 Å². The van der Waals surface area contributed by atoms with Crippen LogP contribution < -0.4 is 5.32 Å². The van der Waals surface area contributed by atoms with Gasteiger partial charge >= 0.3 is 0 Å². The minimum absolute atomic E-state index is 0.867. The minimum atomic E-state index is 0.867. The van der Waals surface area contributed by atoms with Crippen LogP contribution in [0, 0.1) is 11.8 Å². The fourth-order valence-electron chi connectivity index (χ4n) is 2.35. The Morgan fingerprint density at radius 3 is 3.00 bits per heavy atom. The van der Waals surface area contributed by atoms with Crippen LogP contribution in [-0.4, -0.2) is 16.3 Å². The van der Waals surface area contributed by atoms with E-state index in [-0.39, 0.29) is 0 Å². The van der Waals surface area contributed by atoms with E-state index < -0.39 is 0 Å². The smallest absolute Gasteiger partial charge is 0.0534 e. The lowest BCUT2D eigenvalue weighted by molar-refractivity contribution is 0.182. The third-order valence-electron chi connectivity index (χ3n) is 3.18. The Morgan fingerprint density at radius 1 is 1.53 bits per heavy atom. The molecule has 1 aliphatic carbocycles. The SMILES string of the molecule is CCNCc1cnn(CC2CC(C)C2)c1. The molecule has 1 fully saturated rings. The lowest BCUT2D eigenvalue weighted by atomic mass is 9.76. The fraction of sp³-hybridized carbons (Fsp3) is 0.750. The van der Waals surface area contributed by atoms with E-state index in [1.807, 2.05) is 6.20 Å². The molecule has 0 radical (unpaired) electrons. The molecule has 1 aromatic rings. The number of rotatable bonds is 5. The maximum absolute atomic E-state index is 4.39. The number of nitrogens with zero attached hydrogens (tertiary/aromatic N) is 2. The van der Waals surface area contributed by atoms with Crippen LogP contribution in [0.15, 0.2) is 12.4 Å². The van der Waals surface area contributed by atoms with Crippen molar-refractivity contribution in [2.45, 2.75) is 39.8 Å². The van der Waals surface area contributed by atoms with Gasteiger partial charge < -0.3 is 5.32 Å². The summed E-state index contributed by atoms with van der Waals surface area (Å²) in [5, 5.41) is 7.71. The zero-order chi connectivity index (χ0) is 10.7. The molecule has 15 heavy (non-hydrogen) atoms. The molecule has 2 rings (SSSR count). The van der Waals surface area contributed by atoms with Crippen molar-refractivity contribution in [1.29, 1.82) is 0 Å². The third-order valence-corrected chi connectivity index (χ3v) is 3.18. The van der Waals surface area contributed by atoms with Crippen molar-refractivity contribution in [3.63, 3.8) is 0 Å². The van der Waals surface area contributed by atoms with Gasteiger partial charge in [0.2, 0.25) is 0 Å². The second kappa shape index (κ2) is 4.79. The van der Waals surface area contributed by atoms with E-state index in [1.165, 1.54) is 18.4 Å². The molecule has 1 heterocycles. The summed E-state index contributed by atoms with van der Waals surface area (Å²) in [6.45, 7) is 7.52. The molecule has 3 heteroatoms. The average Bonchev–Trinajstić information content (AvgIpc) is 2.60. The van der Waals surface area contributed by atoms with Crippen LogP contribution in [0.5, 0.6) is 0 Å². The fourth-order valence-corrected chi connectivity index (χ4v) is 2.35. The molecule has 0 unspecified atom stereocenters. The molecule has 1 saturated carbocycles. The first-order valence-corrected chi connectivity index (χ1v) is 6.00. The summed E-state index contributed by atoms with van der Waals surface area (Å²) in [5.41, 5.74) is 1.30. The zero-order valence-electron chi connectivity index (χ0n) is 9.74. The molecule has 0 aliphatic heterocycles. The van der Waals surface area contributed by atoms with Crippen molar-refractivity contribution in [1.82, 2.24) is 15.1 Å². The molecule has 0 bridgehead atoms. The molecule has 1 aromatic heterocycles. The zero-order valence-corrected chi connectivity index (χ0v) is 9.74. The minimum Gasteiger partial charge on any atom is -0.313 e. The van der Waals surface area contributed by atoms with Crippen LogP contribution in [0.25, 0.3) is 0 Å². The number of hydrogen-bond donors (Lipinski definition) is 1. The summed E-state index contributed by atoms with van der Waals surface area (Å²) in [6, 6.07) is 0. The van der Waals surface area contributed by atoms with Crippen molar-refractivity contribution in [2.24, 2.45) is 11.8 Å². The number of nitrogens with one attached hydrogen (secondary N) is 1. The lowest BCUT2D eigenvalue weighted by Crippen LogP contribution is -2.25. The maximum atomic E-state index is 4.39. The Balaban J connectivity index is 1.79. The van der Waals surface area contributed by atoms with Gasteiger partial charge in [0.05, 0.1) is 6.20 Å². The number of aromatic nitrogens is 2. The Bertz CT molecular complexity index is 300. The van der Waals surface area contributed by atoms with Gasteiger partial charge in [-0.3, -0.25) is 4.68 Å². The van der Waals surface area contributed by atoms with Crippen molar-refractivity contribution in [3.8, 4) is 0 Å². The topological polar surface area (TPSA) is 29.9 Å². The third kappa shape index (κ3) is 2.81. The summed E-state index contributed by atoms with van der Waals surface area (Å²) in [5.74, 6) is 1.80. The van der Waals surface area contributed by atoms with E-state index in [9.17, 15) is 0 Å². The molecule has 1 aliphatic rings. The first-order valence-electron chi connectivity index (χ1n) is 6.00. The molecule has 0 saturated heterocycles. The first kappa shape index (κ1) is 10.7. The molecule has 1 N–H and O–H groups in total. The summed E-state index contributed by atoms with van der Waals surface area (Å²) in [4.78, 5) is 0. The molecule has 0 amide bonds. The molecule has 0 spiro atoms. The molecular formula is C12H21N3. The Labute approximate surface area is 91.9 Å². The Hall–Kier alpha value is -0.830. The van der Waals surface area contributed by atoms with Gasteiger partial charge in [-0.05, 0) is 31.2 Å². The first-order chi connectivity index (χ1) is 7.28. The quantitative estimate of drug-likeness (QED) is 0.800. The van der Waals surface area contributed by atoms with Gasteiger partial charge in [0, 0.05) is 24.8 Å². The van der Waals surface area contributed by atoms with E-state index >= 15 is 0 Å². The maximum Gasteiger partial charge on any atom is 0.0534 e. The monoisotopic (exact) mass is 207 g/mol. The van der Waals surface area contributed by atoms with Crippen LogP contribution in [-0.2, 0) is 13.1 Å². The van der Waals surface area contributed by atoms with Gasteiger partial charge in [-0.25, -0.2) is 0 Å². The van der Waals surface area contributed by atoms with E-state index in [1.54, 1.807) is 0 Å². The van der Waals surface area contributed by atoms with Crippen LogP contribution in [0.2, 0.25) is 0 Å². The predicted molar refractivity (Wildman–Crippen MR) is 61.5 cm³/mol. The van der Waals surface area contributed by atoms with Gasteiger partial charge in [-0.2, -0.15) is 5.10 Å². The lowest BCUT2D eigenvalue weighted by Gasteiger charge is -2.32. The predicted octanol–water partition coefficient (Wildman–Crippen LogP) is 2.04. The molecule has 0 aromatic carbocycles. The number of hydrogen-bond acceptors (Lipinski definition) is 2. The molecular weight excluding hydrogens is 186 g/mol. The highest BCUT2D eigenvalue weighted by molar-refractivity contribution is 5.03. The van der Waals surface area contributed by atoms with Crippen LogP contribution in [0.4, 0.5) is 0 Å². The van der Waals surface area contributed by atoms with Gasteiger partial charge in [-0.15, -0.1) is 0 Å². The largest absolute Gasteiger partial charge is 0.313 e. The Morgan fingerprint density at radius 2 is 2.33 bits per heavy atom. The standard InChI is InChI=1S/C12H21N3/c1-3-13-6-12-7-14-15(9-12)8-11-4-10(2)5-11/h7,9-11,13H,3-6,8H2,1-2H3. The van der Waals surface area contributed by atoms with Gasteiger partial charge in [0.15, 0.2) is 0 Å². The van der Waals surface area contributed by atoms with E-state index in [2.05, 4.69) is 35.1 Å². The van der Waals surface area contributed by atoms with Crippen molar-refractivity contribution in [3.05, 3.63) is 18.0 Å². The normalized spacial score (nSPS) is 25.2. The second-order valence-corrected chi connectivity index (χ2v) is 4.79. The second-order valence-electron chi connectivity index (χ2n) is 4.79. The summed E-state index contributed by atoms with van der Waals surface area (Å²) in [7, 11) is 0. The average molecular weight is 207 g/mol. The summed E-state index contributed by atoms with van der Waals surface area (Å²) < 4.78 is 2.10. The highest BCUT2D eigenvalue weighted by Crippen LogP contribution is 2.33. The van der Waals surface area contributed by atoms with E-state index in [0.29, 0.717) is 0 Å². The highest BCUT2D eigenvalue weighted by atomic mass is 15.3. The van der Waals surface area contributed by atoms with Crippen molar-refractivity contribution in [2.75, 3.05) is 6.54 Å². The van der Waals surface area contributed by atoms with Gasteiger partial charge in [0.25, 0.3) is 0 Å². The van der Waals surface area contributed by atoms with E-state index in [4.69, 9.17) is 0 Å². The van der Waals surface area contributed by atoms with Crippen LogP contribution in [0.1, 0.15) is 32.3 Å². The van der Waals surface area contributed by atoms with E-state index in [0.717, 1.165) is 31.5 Å². The molecule has 0 atom stereocenters. The summed E-state index contributed by atoms with van der Waals surface area (Å²) >= 11 is 0. The van der Waals surface area contributed by atoms with Crippen molar-refractivity contribution >= 4 is 0 Å². The molecule has 3 nitrogen and oxygen atoms in total. The van der Waals surface area contributed by atoms with Gasteiger partial charge in [-0.1, -0.05) is 13.8 Å².